The van der Waals surface area contributed by atoms with Crippen LogP contribution in [0.4, 0.5) is 4.79 Å². The molecule has 0 saturated carbocycles. The van der Waals surface area contributed by atoms with Crippen LogP contribution in [-0.2, 0) is 11.3 Å². The van der Waals surface area contributed by atoms with E-state index in [0.717, 1.165) is 56.5 Å². The highest BCUT2D eigenvalue weighted by atomic mass is 32.2. The van der Waals surface area contributed by atoms with Crippen LogP contribution in [0.2, 0.25) is 0 Å². The van der Waals surface area contributed by atoms with E-state index in [1.807, 2.05) is 99.6 Å². The molecule has 176 valence electrons. The van der Waals surface area contributed by atoms with E-state index in [2.05, 4.69) is 4.57 Å². The van der Waals surface area contributed by atoms with Crippen molar-refractivity contribution in [1.82, 2.24) is 9.47 Å². The first kappa shape index (κ1) is 23.0. The smallest absolute Gasteiger partial charge is 0.293 e. The lowest BCUT2D eigenvalue weighted by molar-refractivity contribution is -0.123. The van der Waals surface area contributed by atoms with Gasteiger partial charge in [-0.1, -0.05) is 42.5 Å². The molecule has 0 radical (unpaired) electrons. The van der Waals surface area contributed by atoms with E-state index < -0.39 is 0 Å². The third-order valence-corrected chi connectivity index (χ3v) is 7.15. The summed E-state index contributed by atoms with van der Waals surface area (Å²) < 4.78 is 7.69. The Kier molecular flexibility index (Phi) is 6.22. The van der Waals surface area contributed by atoms with Crippen LogP contribution < -0.4 is 4.74 Å². The summed E-state index contributed by atoms with van der Waals surface area (Å²) in [6.45, 7) is 6.90. The zero-order chi connectivity index (χ0) is 24.5. The van der Waals surface area contributed by atoms with Crippen molar-refractivity contribution in [3.63, 3.8) is 0 Å². The lowest BCUT2D eigenvalue weighted by Gasteiger charge is -2.14. The molecule has 35 heavy (non-hydrogen) atoms. The third-order valence-electron chi connectivity index (χ3n) is 6.24. The van der Waals surface area contributed by atoms with Crippen LogP contribution >= 0.6 is 11.8 Å². The van der Waals surface area contributed by atoms with Crippen LogP contribution in [0.15, 0.2) is 77.7 Å². The van der Waals surface area contributed by atoms with Gasteiger partial charge >= 0.3 is 0 Å². The fraction of sp³-hybridized carbons (Fsp3) is 0.172. The van der Waals surface area contributed by atoms with Gasteiger partial charge in [-0.15, -0.1) is 0 Å². The van der Waals surface area contributed by atoms with Gasteiger partial charge in [0.15, 0.2) is 0 Å². The minimum Gasteiger partial charge on any atom is -0.494 e. The molecule has 0 bridgehead atoms. The molecule has 1 aromatic heterocycles. The Labute approximate surface area is 209 Å². The Morgan fingerprint density at radius 3 is 2.46 bits per heavy atom. The lowest BCUT2D eigenvalue weighted by atomic mass is 10.0. The predicted octanol–water partition coefficient (Wildman–Crippen LogP) is 6.88. The summed E-state index contributed by atoms with van der Waals surface area (Å²) in [6.07, 6.45) is 1.83. The fourth-order valence-electron chi connectivity index (χ4n) is 4.57. The molecule has 4 aromatic rings. The van der Waals surface area contributed by atoms with Crippen molar-refractivity contribution in [3.05, 3.63) is 100 Å². The van der Waals surface area contributed by atoms with Gasteiger partial charge in [0.1, 0.15) is 5.75 Å². The normalized spacial score (nSPS) is 14.9. The first-order valence-corrected chi connectivity index (χ1v) is 12.4. The fourth-order valence-corrected chi connectivity index (χ4v) is 5.40. The molecule has 5 nitrogen and oxygen atoms in total. The Morgan fingerprint density at radius 2 is 1.69 bits per heavy atom. The van der Waals surface area contributed by atoms with Gasteiger partial charge in [-0.2, -0.15) is 0 Å². The molecule has 0 atom stereocenters. The predicted molar refractivity (Wildman–Crippen MR) is 142 cm³/mol. The molecule has 0 spiro atoms. The number of imide groups is 1. The molecule has 2 heterocycles. The number of aromatic nitrogens is 1. The van der Waals surface area contributed by atoms with E-state index >= 15 is 0 Å². The molecule has 5 rings (SSSR count). The van der Waals surface area contributed by atoms with Crippen molar-refractivity contribution in [2.75, 3.05) is 6.61 Å². The quantitative estimate of drug-likeness (QED) is 0.281. The summed E-state index contributed by atoms with van der Waals surface area (Å²) in [5.41, 5.74) is 4.96. The monoisotopic (exact) mass is 482 g/mol. The topological polar surface area (TPSA) is 51.5 Å². The molecular formula is C29H26N2O3S. The molecule has 3 aromatic carbocycles. The minimum atomic E-state index is -0.251. The minimum absolute atomic E-state index is 0.241. The van der Waals surface area contributed by atoms with Gasteiger partial charge in [0, 0.05) is 17.1 Å². The summed E-state index contributed by atoms with van der Waals surface area (Å²) in [7, 11) is 0. The maximum atomic E-state index is 13.2. The van der Waals surface area contributed by atoms with Crippen molar-refractivity contribution in [2.24, 2.45) is 0 Å². The molecular weight excluding hydrogens is 456 g/mol. The van der Waals surface area contributed by atoms with Gasteiger partial charge in [0.25, 0.3) is 11.1 Å². The zero-order valence-corrected chi connectivity index (χ0v) is 20.8. The Balaban J connectivity index is 1.42. The number of benzene rings is 3. The van der Waals surface area contributed by atoms with Crippen LogP contribution in [0, 0.1) is 13.8 Å². The average molecular weight is 483 g/mol. The molecule has 1 aliphatic rings. The highest BCUT2D eigenvalue weighted by molar-refractivity contribution is 8.18. The highest BCUT2D eigenvalue weighted by Crippen LogP contribution is 2.35. The van der Waals surface area contributed by atoms with Gasteiger partial charge in [0.05, 0.1) is 18.1 Å². The summed E-state index contributed by atoms with van der Waals surface area (Å²) in [4.78, 5) is 27.8. The average Bonchev–Trinajstić information content (AvgIpc) is 3.29. The number of carbonyl (C=O) groups excluding carboxylic acids is 2. The SMILES string of the molecule is CCOc1ccc(-n2c(C)cc(/C=C3/SC(=O)N(Cc4cccc5ccccc45)C3=O)c2C)cc1. The van der Waals surface area contributed by atoms with Gasteiger partial charge in [-0.25, -0.2) is 0 Å². The number of thioether (sulfide) groups is 1. The lowest BCUT2D eigenvalue weighted by Crippen LogP contribution is -2.27. The molecule has 0 aliphatic carbocycles. The number of rotatable bonds is 6. The molecule has 6 heteroatoms. The summed E-state index contributed by atoms with van der Waals surface area (Å²) in [6, 6.07) is 24.0. The van der Waals surface area contributed by atoms with Crippen molar-refractivity contribution >= 4 is 39.8 Å². The van der Waals surface area contributed by atoms with Crippen molar-refractivity contribution < 1.29 is 14.3 Å². The van der Waals surface area contributed by atoms with Crippen LogP contribution in [0.25, 0.3) is 22.5 Å². The van der Waals surface area contributed by atoms with E-state index in [1.165, 1.54) is 4.90 Å². The van der Waals surface area contributed by atoms with Crippen molar-refractivity contribution in [1.29, 1.82) is 0 Å². The largest absolute Gasteiger partial charge is 0.494 e. The van der Waals surface area contributed by atoms with Crippen LogP contribution in [-0.4, -0.2) is 27.2 Å². The third kappa shape index (κ3) is 4.37. The number of aryl methyl sites for hydroxylation is 1. The molecule has 0 N–H and O–H groups in total. The Bertz CT molecular complexity index is 1460. The van der Waals surface area contributed by atoms with E-state index in [-0.39, 0.29) is 17.7 Å². The number of amides is 2. The number of fused-ring (bicyclic) bond motifs is 1. The Hall–Kier alpha value is -3.77. The molecule has 1 saturated heterocycles. The number of carbonyl (C=O) groups is 2. The number of hydrogen-bond acceptors (Lipinski definition) is 4. The first-order chi connectivity index (χ1) is 17.0. The van der Waals surface area contributed by atoms with Gasteiger partial charge < -0.3 is 9.30 Å². The number of hydrogen-bond donors (Lipinski definition) is 0. The summed E-state index contributed by atoms with van der Waals surface area (Å²) >= 11 is 1.00. The van der Waals surface area contributed by atoms with E-state index in [1.54, 1.807) is 0 Å². The van der Waals surface area contributed by atoms with E-state index in [0.29, 0.717) is 11.5 Å². The molecule has 2 amide bonds. The highest BCUT2D eigenvalue weighted by Gasteiger charge is 2.35. The number of ether oxygens (including phenoxy) is 1. The second-order valence-electron chi connectivity index (χ2n) is 8.49. The molecule has 0 unspecified atom stereocenters. The van der Waals surface area contributed by atoms with E-state index in [9.17, 15) is 9.59 Å². The molecule has 1 fully saturated rings. The second kappa shape index (κ2) is 9.47. The maximum absolute atomic E-state index is 13.2. The van der Waals surface area contributed by atoms with Crippen molar-refractivity contribution in [2.45, 2.75) is 27.3 Å². The summed E-state index contributed by atoms with van der Waals surface area (Å²) in [5, 5.41) is 1.90. The number of nitrogens with zero attached hydrogens (tertiary/aromatic N) is 2. The zero-order valence-electron chi connectivity index (χ0n) is 19.9. The van der Waals surface area contributed by atoms with Gasteiger partial charge in [0.2, 0.25) is 0 Å². The first-order valence-electron chi connectivity index (χ1n) is 11.6. The van der Waals surface area contributed by atoms with Gasteiger partial charge in [-0.05, 0) is 90.8 Å². The van der Waals surface area contributed by atoms with Gasteiger partial charge in [-0.3, -0.25) is 14.5 Å². The van der Waals surface area contributed by atoms with Crippen molar-refractivity contribution in [3.8, 4) is 11.4 Å². The van der Waals surface area contributed by atoms with E-state index in [4.69, 9.17) is 4.74 Å². The summed E-state index contributed by atoms with van der Waals surface area (Å²) in [5.74, 6) is 0.581. The Morgan fingerprint density at radius 1 is 0.943 bits per heavy atom. The second-order valence-corrected chi connectivity index (χ2v) is 9.49. The molecule has 1 aliphatic heterocycles. The van der Waals surface area contributed by atoms with Crippen LogP contribution in [0.3, 0.4) is 0 Å². The standard InChI is InChI=1S/C29H26N2O3S/c1-4-34-25-14-12-24(13-15-25)31-19(2)16-23(20(31)3)17-27-28(32)30(29(33)35-27)18-22-10-7-9-21-8-5-6-11-26(21)22/h5-17H,4,18H2,1-3H3/b27-17+. The maximum Gasteiger partial charge on any atom is 0.293 e. The van der Waals surface area contributed by atoms with Crippen LogP contribution in [0.1, 0.15) is 29.4 Å². The van der Waals surface area contributed by atoms with Crippen LogP contribution in [0.5, 0.6) is 5.75 Å².